The fourth-order valence-corrected chi connectivity index (χ4v) is 2.69. The number of hydrogen-bond acceptors (Lipinski definition) is 2. The van der Waals surface area contributed by atoms with Crippen LogP contribution in [-0.4, -0.2) is 21.0 Å². The van der Waals surface area contributed by atoms with Gasteiger partial charge in [0.15, 0.2) is 0 Å². The molecule has 94 valence electrons. The minimum atomic E-state index is 0.978. The zero-order valence-electron chi connectivity index (χ0n) is 11.1. The molecule has 3 heteroatoms. The van der Waals surface area contributed by atoms with Gasteiger partial charge >= 0.3 is 0 Å². The Bertz CT molecular complexity index is 542. The van der Waals surface area contributed by atoms with Gasteiger partial charge in [0.25, 0.3) is 0 Å². The molecule has 0 fully saturated rings. The van der Waals surface area contributed by atoms with Crippen molar-refractivity contribution >= 4 is 0 Å². The van der Waals surface area contributed by atoms with Gasteiger partial charge in [0.2, 0.25) is 0 Å². The molecule has 0 N–H and O–H groups in total. The molecule has 3 rings (SSSR count). The third-order valence-corrected chi connectivity index (χ3v) is 3.81. The van der Waals surface area contributed by atoms with Crippen molar-refractivity contribution in [2.24, 2.45) is 7.05 Å². The number of hydrogen-bond donors (Lipinski definition) is 0. The van der Waals surface area contributed by atoms with E-state index >= 15 is 0 Å². The lowest BCUT2D eigenvalue weighted by Crippen LogP contribution is -2.30. The average Bonchev–Trinajstić information content (AvgIpc) is 2.66. The van der Waals surface area contributed by atoms with Crippen LogP contribution in [0.4, 0.5) is 0 Å². The number of fused-ring (bicyclic) bond motifs is 1. The molecule has 18 heavy (non-hydrogen) atoms. The van der Waals surface area contributed by atoms with Crippen molar-refractivity contribution in [3.05, 3.63) is 53.1 Å². The number of benzene rings is 1. The Morgan fingerprint density at radius 3 is 2.78 bits per heavy atom. The SMILES string of the molecule is Cc1nc2c(n1C)CCN(Cc1ccccc1)C2. The summed E-state index contributed by atoms with van der Waals surface area (Å²) in [5.41, 5.74) is 4.06. The van der Waals surface area contributed by atoms with Gasteiger partial charge in [0.05, 0.1) is 5.69 Å². The van der Waals surface area contributed by atoms with Crippen molar-refractivity contribution in [3.63, 3.8) is 0 Å². The predicted molar refractivity (Wildman–Crippen MR) is 72.2 cm³/mol. The summed E-state index contributed by atoms with van der Waals surface area (Å²) in [7, 11) is 2.12. The zero-order valence-corrected chi connectivity index (χ0v) is 11.1. The van der Waals surface area contributed by atoms with Gasteiger partial charge in [-0.05, 0) is 12.5 Å². The maximum absolute atomic E-state index is 4.66. The summed E-state index contributed by atoms with van der Waals surface area (Å²) >= 11 is 0. The topological polar surface area (TPSA) is 21.1 Å². The molecular formula is C15H19N3. The summed E-state index contributed by atoms with van der Waals surface area (Å²) in [5, 5.41) is 0. The van der Waals surface area contributed by atoms with Crippen molar-refractivity contribution < 1.29 is 0 Å². The molecule has 0 saturated heterocycles. The average molecular weight is 241 g/mol. The van der Waals surface area contributed by atoms with Crippen LogP contribution in [0.3, 0.4) is 0 Å². The van der Waals surface area contributed by atoms with E-state index in [9.17, 15) is 0 Å². The lowest BCUT2D eigenvalue weighted by atomic mass is 10.1. The molecule has 1 aromatic heterocycles. The van der Waals surface area contributed by atoms with E-state index in [1.54, 1.807) is 0 Å². The summed E-state index contributed by atoms with van der Waals surface area (Å²) < 4.78 is 2.23. The highest BCUT2D eigenvalue weighted by molar-refractivity contribution is 5.21. The summed E-state index contributed by atoms with van der Waals surface area (Å²) in [6.45, 7) is 5.21. The molecule has 1 aliphatic heterocycles. The number of aryl methyl sites for hydroxylation is 1. The summed E-state index contributed by atoms with van der Waals surface area (Å²) in [5.74, 6) is 1.13. The van der Waals surface area contributed by atoms with Crippen LogP contribution in [0.2, 0.25) is 0 Å². The molecule has 1 aromatic carbocycles. The van der Waals surface area contributed by atoms with E-state index in [1.807, 2.05) is 0 Å². The molecule has 0 saturated carbocycles. The maximum atomic E-state index is 4.66. The molecule has 0 atom stereocenters. The first-order valence-corrected chi connectivity index (χ1v) is 6.51. The Labute approximate surface area is 108 Å². The van der Waals surface area contributed by atoms with Gasteiger partial charge < -0.3 is 4.57 Å². The Morgan fingerprint density at radius 1 is 1.22 bits per heavy atom. The molecule has 0 spiro atoms. The normalized spacial score (nSPS) is 15.7. The van der Waals surface area contributed by atoms with E-state index in [1.165, 1.54) is 17.0 Å². The quantitative estimate of drug-likeness (QED) is 0.804. The summed E-state index contributed by atoms with van der Waals surface area (Å²) in [6.07, 6.45) is 1.11. The third-order valence-electron chi connectivity index (χ3n) is 3.81. The molecule has 1 aliphatic rings. The summed E-state index contributed by atoms with van der Waals surface area (Å²) in [6, 6.07) is 10.7. The highest BCUT2D eigenvalue weighted by atomic mass is 15.2. The van der Waals surface area contributed by atoms with Crippen LogP contribution in [0.15, 0.2) is 30.3 Å². The Morgan fingerprint density at radius 2 is 2.00 bits per heavy atom. The van der Waals surface area contributed by atoms with Crippen LogP contribution in [0.1, 0.15) is 22.8 Å². The van der Waals surface area contributed by atoms with Crippen LogP contribution in [-0.2, 0) is 26.6 Å². The first-order valence-electron chi connectivity index (χ1n) is 6.51. The standard InChI is InChI=1S/C15H19N3/c1-12-16-14-11-18(9-8-15(14)17(12)2)10-13-6-4-3-5-7-13/h3-7H,8-11H2,1-2H3. The monoisotopic (exact) mass is 241 g/mol. The lowest BCUT2D eigenvalue weighted by molar-refractivity contribution is 0.240. The van der Waals surface area contributed by atoms with E-state index in [2.05, 4.69) is 58.8 Å². The Balaban J connectivity index is 1.75. The van der Waals surface area contributed by atoms with Crippen LogP contribution in [0.5, 0.6) is 0 Å². The smallest absolute Gasteiger partial charge is 0.105 e. The predicted octanol–water partition coefficient (Wildman–Crippen LogP) is 2.29. The van der Waals surface area contributed by atoms with Crippen molar-refractivity contribution in [1.82, 2.24) is 14.5 Å². The van der Waals surface area contributed by atoms with Crippen LogP contribution >= 0.6 is 0 Å². The largest absolute Gasteiger partial charge is 0.335 e. The first-order chi connectivity index (χ1) is 8.74. The molecule has 0 aliphatic carbocycles. The van der Waals surface area contributed by atoms with Crippen molar-refractivity contribution in [2.45, 2.75) is 26.4 Å². The van der Waals surface area contributed by atoms with Gasteiger partial charge in [0, 0.05) is 38.8 Å². The number of aromatic nitrogens is 2. The van der Waals surface area contributed by atoms with Gasteiger partial charge in [-0.3, -0.25) is 4.90 Å². The first kappa shape index (κ1) is 11.5. The Kier molecular flexibility index (Phi) is 2.92. The van der Waals surface area contributed by atoms with Crippen LogP contribution in [0.25, 0.3) is 0 Å². The molecule has 2 aromatic rings. The fourth-order valence-electron chi connectivity index (χ4n) is 2.69. The van der Waals surface area contributed by atoms with Crippen molar-refractivity contribution in [3.8, 4) is 0 Å². The van der Waals surface area contributed by atoms with Gasteiger partial charge in [-0.25, -0.2) is 4.98 Å². The van der Waals surface area contributed by atoms with Gasteiger partial charge in [-0.2, -0.15) is 0 Å². The van der Waals surface area contributed by atoms with Crippen LogP contribution in [0, 0.1) is 6.92 Å². The highest BCUT2D eigenvalue weighted by Gasteiger charge is 2.21. The molecule has 3 nitrogen and oxygen atoms in total. The van der Waals surface area contributed by atoms with Crippen molar-refractivity contribution in [1.29, 1.82) is 0 Å². The molecule has 0 bridgehead atoms. The van der Waals surface area contributed by atoms with E-state index in [4.69, 9.17) is 0 Å². The van der Waals surface area contributed by atoms with Gasteiger partial charge in [-0.15, -0.1) is 0 Å². The van der Waals surface area contributed by atoms with E-state index < -0.39 is 0 Å². The molecule has 0 amide bonds. The number of nitrogens with zero attached hydrogens (tertiary/aromatic N) is 3. The third kappa shape index (κ3) is 2.06. The van der Waals surface area contributed by atoms with E-state index in [-0.39, 0.29) is 0 Å². The maximum Gasteiger partial charge on any atom is 0.105 e. The second kappa shape index (κ2) is 4.58. The molecular weight excluding hydrogens is 222 g/mol. The van der Waals surface area contributed by atoms with E-state index in [0.29, 0.717) is 0 Å². The second-order valence-electron chi connectivity index (χ2n) is 5.06. The van der Waals surface area contributed by atoms with Gasteiger partial charge in [-0.1, -0.05) is 30.3 Å². The minimum Gasteiger partial charge on any atom is -0.335 e. The second-order valence-corrected chi connectivity index (χ2v) is 5.06. The van der Waals surface area contributed by atoms with Crippen molar-refractivity contribution in [2.75, 3.05) is 6.54 Å². The lowest BCUT2D eigenvalue weighted by Gasteiger charge is -2.26. The zero-order chi connectivity index (χ0) is 12.5. The van der Waals surface area contributed by atoms with Gasteiger partial charge in [0.1, 0.15) is 5.82 Å². The Hall–Kier alpha value is -1.61. The fraction of sp³-hybridized carbons (Fsp3) is 0.400. The number of rotatable bonds is 2. The summed E-state index contributed by atoms with van der Waals surface area (Å²) in [4.78, 5) is 7.14. The molecule has 0 radical (unpaired) electrons. The minimum absolute atomic E-state index is 0.978. The highest BCUT2D eigenvalue weighted by Crippen LogP contribution is 2.20. The van der Waals surface area contributed by atoms with Crippen LogP contribution < -0.4 is 0 Å². The number of imidazole rings is 1. The van der Waals surface area contributed by atoms with E-state index in [0.717, 1.165) is 31.9 Å². The molecule has 2 heterocycles. The molecule has 0 unspecified atom stereocenters.